The van der Waals surface area contributed by atoms with Crippen molar-refractivity contribution in [1.29, 1.82) is 0 Å². The molecule has 3 heterocycles. The molecule has 2 aromatic carbocycles. The molecule has 6 nitrogen and oxygen atoms in total. The fourth-order valence-corrected chi connectivity index (χ4v) is 5.09. The molecule has 0 aliphatic carbocycles. The number of amides is 2. The highest BCUT2D eigenvalue weighted by Crippen LogP contribution is 2.33. The Kier molecular flexibility index (Phi) is 5.40. The Hall–Kier alpha value is -2.86. The first kappa shape index (κ1) is 20.1. The second-order valence-electron chi connectivity index (χ2n) is 9.11. The molecule has 5 rings (SSSR count). The van der Waals surface area contributed by atoms with Crippen LogP contribution in [0.25, 0.3) is 0 Å². The highest BCUT2D eigenvalue weighted by Gasteiger charge is 2.37. The predicted octanol–water partition coefficient (Wildman–Crippen LogP) is 3.28. The molecule has 31 heavy (non-hydrogen) atoms. The summed E-state index contributed by atoms with van der Waals surface area (Å²) in [6.45, 7) is 4.22. The number of hydrogen-bond donors (Lipinski definition) is 2. The van der Waals surface area contributed by atoms with Crippen LogP contribution in [0, 0.1) is 0 Å². The van der Waals surface area contributed by atoms with Crippen LogP contribution in [0.15, 0.2) is 48.5 Å². The number of benzene rings is 2. The van der Waals surface area contributed by atoms with Crippen LogP contribution in [-0.4, -0.2) is 41.9 Å². The molecule has 6 heteroatoms. The van der Waals surface area contributed by atoms with Gasteiger partial charge in [-0.2, -0.15) is 0 Å². The highest BCUT2D eigenvalue weighted by molar-refractivity contribution is 5.95. The minimum Gasteiger partial charge on any atom is -0.379 e. The van der Waals surface area contributed by atoms with Crippen molar-refractivity contribution < 1.29 is 9.59 Å². The zero-order valence-electron chi connectivity index (χ0n) is 17.9. The molecular weight excluding hydrogens is 388 g/mol. The van der Waals surface area contributed by atoms with E-state index in [1.165, 1.54) is 5.56 Å². The molecule has 1 spiro atoms. The number of piperidine rings is 1. The number of fused-ring (bicyclic) bond motifs is 1. The maximum atomic E-state index is 12.5. The number of nitrogens with zero attached hydrogens (tertiary/aromatic N) is 2. The van der Waals surface area contributed by atoms with E-state index >= 15 is 0 Å². The van der Waals surface area contributed by atoms with Gasteiger partial charge in [0.25, 0.3) is 0 Å². The average Bonchev–Trinajstić information content (AvgIpc) is 3.20. The van der Waals surface area contributed by atoms with Gasteiger partial charge in [-0.3, -0.25) is 14.5 Å². The number of anilines is 2. The van der Waals surface area contributed by atoms with Gasteiger partial charge in [0.05, 0.1) is 0 Å². The molecule has 2 N–H and O–H groups in total. The summed E-state index contributed by atoms with van der Waals surface area (Å²) in [4.78, 5) is 28.8. The molecular formula is C25H30N4O2. The van der Waals surface area contributed by atoms with Gasteiger partial charge in [-0.15, -0.1) is 0 Å². The van der Waals surface area contributed by atoms with Gasteiger partial charge < -0.3 is 15.5 Å². The van der Waals surface area contributed by atoms with E-state index in [0.29, 0.717) is 19.4 Å². The topological polar surface area (TPSA) is 64.7 Å². The van der Waals surface area contributed by atoms with E-state index in [2.05, 4.69) is 58.0 Å². The van der Waals surface area contributed by atoms with E-state index in [0.717, 1.165) is 62.4 Å². The Bertz CT molecular complexity index is 964. The molecule has 0 aromatic heterocycles. The van der Waals surface area contributed by atoms with Crippen molar-refractivity contribution >= 4 is 23.2 Å². The summed E-state index contributed by atoms with van der Waals surface area (Å²) in [5, 5.41) is 6.82. The third-order valence-electron chi connectivity index (χ3n) is 6.93. The number of rotatable bonds is 3. The largest absolute Gasteiger partial charge is 0.379 e. The molecule has 0 bridgehead atoms. The van der Waals surface area contributed by atoms with E-state index in [4.69, 9.17) is 0 Å². The Balaban J connectivity index is 1.23. The fraction of sp³-hybridized carbons (Fsp3) is 0.440. The Morgan fingerprint density at radius 1 is 0.935 bits per heavy atom. The van der Waals surface area contributed by atoms with Crippen molar-refractivity contribution in [2.45, 2.75) is 50.7 Å². The first-order chi connectivity index (χ1) is 15.1. The second-order valence-corrected chi connectivity index (χ2v) is 9.11. The lowest BCUT2D eigenvalue weighted by molar-refractivity contribution is -0.122. The van der Waals surface area contributed by atoms with E-state index in [1.54, 1.807) is 0 Å². The molecule has 2 fully saturated rings. The number of para-hydroxylation sites is 1. The maximum Gasteiger partial charge on any atom is 0.227 e. The van der Waals surface area contributed by atoms with E-state index in [-0.39, 0.29) is 17.4 Å². The van der Waals surface area contributed by atoms with Gasteiger partial charge >= 0.3 is 0 Å². The number of likely N-dealkylation sites (tertiary alicyclic amines) is 1. The quantitative estimate of drug-likeness (QED) is 0.803. The van der Waals surface area contributed by atoms with Crippen LogP contribution in [0.3, 0.4) is 0 Å². The van der Waals surface area contributed by atoms with Crippen molar-refractivity contribution in [3.63, 3.8) is 0 Å². The van der Waals surface area contributed by atoms with Crippen molar-refractivity contribution in [2.24, 2.45) is 0 Å². The summed E-state index contributed by atoms with van der Waals surface area (Å²) < 4.78 is 0. The number of carbonyl (C=O) groups is 2. The zero-order valence-corrected chi connectivity index (χ0v) is 17.9. The van der Waals surface area contributed by atoms with Crippen LogP contribution in [0.2, 0.25) is 0 Å². The third kappa shape index (κ3) is 4.30. The van der Waals surface area contributed by atoms with E-state index in [1.807, 2.05) is 11.0 Å². The van der Waals surface area contributed by atoms with Crippen molar-refractivity contribution in [3.05, 3.63) is 59.7 Å². The summed E-state index contributed by atoms with van der Waals surface area (Å²) >= 11 is 0. The van der Waals surface area contributed by atoms with Crippen LogP contribution < -0.4 is 15.5 Å². The molecule has 0 radical (unpaired) electrons. The normalized spacial score (nSPS) is 21.2. The lowest BCUT2D eigenvalue weighted by Crippen LogP contribution is -2.52. The minimum atomic E-state index is -0.183. The summed E-state index contributed by atoms with van der Waals surface area (Å²) in [5.74, 6) is 0.355. The van der Waals surface area contributed by atoms with E-state index in [9.17, 15) is 9.59 Å². The van der Waals surface area contributed by atoms with Crippen LogP contribution in [0.4, 0.5) is 11.4 Å². The molecule has 2 amide bonds. The molecule has 162 valence electrons. The van der Waals surface area contributed by atoms with Gasteiger partial charge in [0.2, 0.25) is 11.8 Å². The molecule has 0 saturated carbocycles. The second kappa shape index (κ2) is 8.35. The number of hydrogen-bond acceptors (Lipinski definition) is 4. The Morgan fingerprint density at radius 2 is 1.71 bits per heavy atom. The summed E-state index contributed by atoms with van der Waals surface area (Å²) in [6, 6.07) is 16.7. The first-order valence-corrected chi connectivity index (χ1v) is 11.3. The lowest BCUT2D eigenvalue weighted by Gasteiger charge is -2.44. The lowest BCUT2D eigenvalue weighted by atomic mass is 9.82. The van der Waals surface area contributed by atoms with Crippen molar-refractivity contribution in [2.75, 3.05) is 29.9 Å². The SMILES string of the molecule is O=C1CC2(CCN(Cc3ccc(N4CCCC4=O)cc3)CC2)Nc2ccccc2CN1. The molecule has 3 aliphatic heterocycles. The summed E-state index contributed by atoms with van der Waals surface area (Å²) in [7, 11) is 0. The number of nitrogens with one attached hydrogen (secondary N) is 2. The standard InChI is InChI=1S/C25H30N4O2/c30-23-16-25(27-22-5-2-1-4-20(22)17-26-23)11-14-28(15-12-25)18-19-7-9-21(10-8-19)29-13-3-6-24(29)31/h1-2,4-5,7-10,27H,3,6,11-18H2,(H,26,30). The molecule has 2 saturated heterocycles. The van der Waals surface area contributed by atoms with Gasteiger partial charge in [0.15, 0.2) is 0 Å². The summed E-state index contributed by atoms with van der Waals surface area (Å²) in [5.41, 5.74) is 4.38. The zero-order chi connectivity index (χ0) is 21.3. The van der Waals surface area contributed by atoms with Crippen LogP contribution >= 0.6 is 0 Å². The maximum absolute atomic E-state index is 12.5. The fourth-order valence-electron chi connectivity index (χ4n) is 5.09. The van der Waals surface area contributed by atoms with Gasteiger partial charge in [0.1, 0.15) is 0 Å². The summed E-state index contributed by atoms with van der Waals surface area (Å²) in [6.07, 6.45) is 4.01. The molecule has 0 unspecified atom stereocenters. The highest BCUT2D eigenvalue weighted by atomic mass is 16.2. The van der Waals surface area contributed by atoms with Gasteiger partial charge in [-0.05, 0) is 48.6 Å². The first-order valence-electron chi connectivity index (χ1n) is 11.3. The molecule has 3 aliphatic rings. The van der Waals surface area contributed by atoms with Gasteiger partial charge in [-0.1, -0.05) is 30.3 Å². The van der Waals surface area contributed by atoms with Gasteiger partial charge in [0, 0.05) is 62.5 Å². The van der Waals surface area contributed by atoms with E-state index < -0.39 is 0 Å². The van der Waals surface area contributed by atoms with Gasteiger partial charge in [-0.25, -0.2) is 0 Å². The van der Waals surface area contributed by atoms with Crippen molar-refractivity contribution in [1.82, 2.24) is 10.2 Å². The predicted molar refractivity (Wildman–Crippen MR) is 122 cm³/mol. The molecule has 0 atom stereocenters. The van der Waals surface area contributed by atoms with Crippen LogP contribution in [-0.2, 0) is 22.7 Å². The minimum absolute atomic E-state index is 0.127. The number of carbonyl (C=O) groups excluding carboxylic acids is 2. The average molecular weight is 419 g/mol. The molecule has 2 aromatic rings. The van der Waals surface area contributed by atoms with Crippen LogP contribution in [0.1, 0.15) is 43.2 Å². The monoisotopic (exact) mass is 418 g/mol. The van der Waals surface area contributed by atoms with Crippen LogP contribution in [0.5, 0.6) is 0 Å². The third-order valence-corrected chi connectivity index (χ3v) is 6.93. The smallest absolute Gasteiger partial charge is 0.227 e. The Labute approximate surface area is 183 Å². The van der Waals surface area contributed by atoms with Crippen molar-refractivity contribution in [3.8, 4) is 0 Å². The Morgan fingerprint density at radius 3 is 2.45 bits per heavy atom.